The summed E-state index contributed by atoms with van der Waals surface area (Å²) in [6.45, 7) is 9.99. The maximum atomic E-state index is 12.8. The zero-order valence-corrected chi connectivity index (χ0v) is 15.2. The monoisotopic (exact) mass is 316 g/mol. The molecule has 0 amide bonds. The highest BCUT2D eigenvalue weighted by atomic mass is 16.5. The second kappa shape index (κ2) is 10.2. The Kier molecular flexibility index (Phi) is 9.94. The van der Waals surface area contributed by atoms with Crippen molar-refractivity contribution in [2.45, 2.75) is 73.1 Å². The van der Waals surface area contributed by atoms with Crippen molar-refractivity contribution < 1.29 is 19.7 Å². The number of aliphatic hydroxyl groups excluding tert-OH is 2. The van der Waals surface area contributed by atoms with E-state index in [0.717, 1.165) is 32.1 Å². The van der Waals surface area contributed by atoms with Crippen LogP contribution in [0.4, 0.5) is 0 Å². The molecule has 1 atom stereocenters. The predicted molar refractivity (Wildman–Crippen MR) is 89.6 cm³/mol. The van der Waals surface area contributed by atoms with Crippen LogP contribution in [-0.4, -0.2) is 36.0 Å². The Morgan fingerprint density at radius 1 is 1.00 bits per heavy atom. The molecule has 2 N–H and O–H groups in total. The molecule has 0 saturated carbocycles. The summed E-state index contributed by atoms with van der Waals surface area (Å²) in [5.41, 5.74) is -1.18. The Labute approximate surface area is 136 Å². The number of esters is 1. The van der Waals surface area contributed by atoms with E-state index >= 15 is 0 Å². The molecule has 22 heavy (non-hydrogen) atoms. The third-order valence-electron chi connectivity index (χ3n) is 5.51. The molecular weight excluding hydrogens is 280 g/mol. The summed E-state index contributed by atoms with van der Waals surface area (Å²) in [5.74, 6) is 0.150. The van der Waals surface area contributed by atoms with Crippen molar-refractivity contribution in [3.05, 3.63) is 0 Å². The maximum absolute atomic E-state index is 12.8. The minimum atomic E-state index is -0.727. The van der Waals surface area contributed by atoms with Crippen LogP contribution in [0.5, 0.6) is 0 Å². The fraction of sp³-hybridized carbons (Fsp3) is 0.944. The molecule has 0 saturated heterocycles. The molecule has 0 aromatic heterocycles. The van der Waals surface area contributed by atoms with Gasteiger partial charge in [0.2, 0.25) is 0 Å². The first kappa shape index (κ1) is 21.4. The van der Waals surface area contributed by atoms with Crippen LogP contribution in [-0.2, 0) is 9.53 Å². The van der Waals surface area contributed by atoms with Gasteiger partial charge in [0.25, 0.3) is 0 Å². The van der Waals surface area contributed by atoms with Crippen LogP contribution >= 0.6 is 0 Å². The second-order valence-electron chi connectivity index (χ2n) is 6.50. The lowest BCUT2D eigenvalue weighted by Crippen LogP contribution is -2.42. The maximum Gasteiger partial charge on any atom is 0.312 e. The average Bonchev–Trinajstić information content (AvgIpc) is 2.57. The number of hydrogen-bond donors (Lipinski definition) is 2. The summed E-state index contributed by atoms with van der Waals surface area (Å²) < 4.78 is 5.60. The number of carbonyl (C=O) groups excluding carboxylic acids is 1. The number of carbonyl (C=O) groups is 1. The van der Waals surface area contributed by atoms with Gasteiger partial charge in [0.1, 0.15) is 6.61 Å². The van der Waals surface area contributed by atoms with Gasteiger partial charge in [0.15, 0.2) is 0 Å². The lowest BCUT2D eigenvalue weighted by molar-refractivity contribution is -0.167. The van der Waals surface area contributed by atoms with E-state index < -0.39 is 10.8 Å². The number of hydrogen-bond acceptors (Lipinski definition) is 4. The van der Waals surface area contributed by atoms with Crippen LogP contribution < -0.4 is 0 Å². The Hall–Kier alpha value is -0.610. The largest absolute Gasteiger partial charge is 0.464 e. The van der Waals surface area contributed by atoms with Crippen molar-refractivity contribution in [3.63, 3.8) is 0 Å². The zero-order valence-electron chi connectivity index (χ0n) is 15.2. The van der Waals surface area contributed by atoms with Crippen LogP contribution in [0, 0.1) is 16.7 Å². The predicted octanol–water partition coefficient (Wildman–Crippen LogP) is 3.54. The highest BCUT2D eigenvalue weighted by Crippen LogP contribution is 2.41. The normalized spacial score (nSPS) is 14.0. The van der Waals surface area contributed by atoms with Crippen LogP contribution in [0.15, 0.2) is 0 Å². The molecule has 4 nitrogen and oxygen atoms in total. The van der Waals surface area contributed by atoms with E-state index in [4.69, 9.17) is 4.74 Å². The van der Waals surface area contributed by atoms with Gasteiger partial charge in [-0.2, -0.15) is 0 Å². The smallest absolute Gasteiger partial charge is 0.312 e. The third kappa shape index (κ3) is 4.69. The van der Waals surface area contributed by atoms with Gasteiger partial charge in [-0.05, 0) is 31.6 Å². The fourth-order valence-electron chi connectivity index (χ4n) is 3.33. The van der Waals surface area contributed by atoms with Crippen LogP contribution in [0.2, 0.25) is 0 Å². The minimum Gasteiger partial charge on any atom is -0.464 e. The molecular formula is C18H36O4. The molecule has 132 valence electrons. The molecule has 4 heteroatoms. The molecule has 0 aliphatic rings. The molecule has 0 heterocycles. The Morgan fingerprint density at radius 2 is 1.55 bits per heavy atom. The Morgan fingerprint density at radius 3 is 1.86 bits per heavy atom. The van der Waals surface area contributed by atoms with Gasteiger partial charge in [-0.1, -0.05) is 47.5 Å². The average molecular weight is 316 g/mol. The Bertz CT molecular complexity index is 298. The van der Waals surface area contributed by atoms with Gasteiger partial charge in [-0.3, -0.25) is 4.79 Å². The van der Waals surface area contributed by atoms with Gasteiger partial charge < -0.3 is 14.9 Å². The highest BCUT2D eigenvalue weighted by Gasteiger charge is 2.43. The summed E-state index contributed by atoms with van der Waals surface area (Å²) in [7, 11) is 0. The highest BCUT2D eigenvalue weighted by molar-refractivity contribution is 5.77. The molecule has 0 fully saturated rings. The standard InChI is InChI=1S/C18H36O4/c1-6-11-15(7-2)18(9-4,10-5)16(21)22-14-17(8-3,12-19)13-20/h15,19-20H,6-14H2,1-5H3. The molecule has 0 aliphatic heterocycles. The first-order valence-electron chi connectivity index (χ1n) is 8.84. The summed E-state index contributed by atoms with van der Waals surface area (Å²) in [4.78, 5) is 12.8. The summed E-state index contributed by atoms with van der Waals surface area (Å²) in [5, 5.41) is 19.0. The third-order valence-corrected chi connectivity index (χ3v) is 5.51. The summed E-state index contributed by atoms with van der Waals surface area (Å²) >= 11 is 0. The van der Waals surface area contributed by atoms with Crippen LogP contribution in [0.25, 0.3) is 0 Å². The van der Waals surface area contributed by atoms with E-state index in [1.54, 1.807) is 0 Å². The Balaban J connectivity index is 5.15. The molecule has 0 bridgehead atoms. The lowest BCUT2D eigenvalue weighted by Gasteiger charge is -2.38. The van der Waals surface area contributed by atoms with Crippen molar-refractivity contribution in [2.75, 3.05) is 19.8 Å². The molecule has 0 aliphatic carbocycles. The van der Waals surface area contributed by atoms with Gasteiger partial charge >= 0.3 is 5.97 Å². The summed E-state index contributed by atoms with van der Waals surface area (Å²) in [6.07, 6.45) is 5.14. The van der Waals surface area contributed by atoms with E-state index in [1.807, 2.05) is 20.8 Å². The minimum absolute atomic E-state index is 0.0830. The molecule has 0 aromatic carbocycles. The van der Waals surface area contributed by atoms with Crippen molar-refractivity contribution in [3.8, 4) is 0 Å². The fourth-order valence-corrected chi connectivity index (χ4v) is 3.33. The van der Waals surface area contributed by atoms with E-state index in [2.05, 4.69) is 13.8 Å². The first-order chi connectivity index (χ1) is 10.5. The quantitative estimate of drug-likeness (QED) is 0.540. The second-order valence-corrected chi connectivity index (χ2v) is 6.50. The molecule has 0 aromatic rings. The number of rotatable bonds is 12. The molecule has 0 radical (unpaired) electrons. The van der Waals surface area contributed by atoms with Crippen molar-refractivity contribution in [2.24, 2.45) is 16.7 Å². The van der Waals surface area contributed by atoms with Crippen LogP contribution in [0.3, 0.4) is 0 Å². The van der Waals surface area contributed by atoms with E-state index in [1.165, 1.54) is 0 Å². The van der Waals surface area contributed by atoms with Gasteiger partial charge in [0.05, 0.1) is 24.0 Å². The van der Waals surface area contributed by atoms with Crippen molar-refractivity contribution in [1.29, 1.82) is 0 Å². The van der Waals surface area contributed by atoms with Gasteiger partial charge in [-0.25, -0.2) is 0 Å². The SMILES string of the molecule is CCCC(CC)C(CC)(CC)C(=O)OCC(CC)(CO)CO. The van der Waals surface area contributed by atoms with Gasteiger partial charge in [0, 0.05) is 0 Å². The first-order valence-corrected chi connectivity index (χ1v) is 8.84. The van der Waals surface area contributed by atoms with Crippen LogP contribution in [0.1, 0.15) is 73.1 Å². The molecule has 1 unspecified atom stereocenters. The zero-order chi connectivity index (χ0) is 17.2. The van der Waals surface area contributed by atoms with E-state index in [9.17, 15) is 15.0 Å². The van der Waals surface area contributed by atoms with E-state index in [0.29, 0.717) is 12.3 Å². The lowest BCUT2D eigenvalue weighted by atomic mass is 9.68. The molecule has 0 rings (SSSR count). The topological polar surface area (TPSA) is 66.8 Å². The van der Waals surface area contributed by atoms with Gasteiger partial charge in [-0.15, -0.1) is 0 Å². The van der Waals surface area contributed by atoms with E-state index in [-0.39, 0.29) is 25.8 Å². The number of aliphatic hydroxyl groups is 2. The number of ether oxygens (including phenoxy) is 1. The van der Waals surface area contributed by atoms with Crippen molar-refractivity contribution in [1.82, 2.24) is 0 Å². The van der Waals surface area contributed by atoms with Crippen molar-refractivity contribution >= 4 is 5.97 Å². The molecule has 0 spiro atoms. The summed E-state index contributed by atoms with van der Waals surface area (Å²) in [6, 6.07) is 0.